The van der Waals surface area contributed by atoms with E-state index in [-0.39, 0.29) is 11.9 Å². The molecule has 28 heavy (non-hydrogen) atoms. The summed E-state index contributed by atoms with van der Waals surface area (Å²) >= 11 is 0. The van der Waals surface area contributed by atoms with E-state index in [0.29, 0.717) is 31.8 Å². The first-order valence-electron chi connectivity index (χ1n) is 9.80. The van der Waals surface area contributed by atoms with E-state index in [0.717, 1.165) is 36.0 Å². The fourth-order valence-corrected chi connectivity index (χ4v) is 3.03. The maximum atomic E-state index is 12.2. The predicted octanol–water partition coefficient (Wildman–Crippen LogP) is 4.35. The quantitative estimate of drug-likeness (QED) is 0.463. The van der Waals surface area contributed by atoms with Gasteiger partial charge in [-0.2, -0.15) is 0 Å². The second-order valence-corrected chi connectivity index (χ2v) is 6.45. The summed E-state index contributed by atoms with van der Waals surface area (Å²) in [5, 5.41) is 2.70. The smallest absolute Gasteiger partial charge is 0.305 e. The molecule has 0 radical (unpaired) electrons. The van der Waals surface area contributed by atoms with Crippen molar-refractivity contribution in [2.75, 3.05) is 20.3 Å². The van der Waals surface area contributed by atoms with Crippen LogP contribution in [0, 0.1) is 0 Å². The van der Waals surface area contributed by atoms with Crippen molar-refractivity contribution in [1.29, 1.82) is 0 Å². The molecule has 0 atom stereocenters. The highest BCUT2D eigenvalue weighted by molar-refractivity contribution is 6.01. The molecule has 5 nitrogen and oxygen atoms in total. The number of ether oxygens (including phenoxy) is 2. The topological polar surface area (TPSA) is 64.6 Å². The Balaban J connectivity index is 1.90. The first-order chi connectivity index (χ1) is 13.7. The van der Waals surface area contributed by atoms with Gasteiger partial charge in [0.25, 0.3) is 5.91 Å². The standard InChI is InChI=1S/C23H29NO4/c1-3-28-22(25)15-5-4-10-16-27-17-18-11-6-7-12-19(18)20-13-8-9-14-21(20)23(26)24-2/h6-9,11-14H,3-5,10,15-17H2,1-2H3,(H,24,26). The molecule has 150 valence electrons. The molecule has 2 rings (SSSR count). The van der Waals surface area contributed by atoms with Crippen molar-refractivity contribution in [2.24, 2.45) is 0 Å². The van der Waals surface area contributed by atoms with Gasteiger partial charge in [0.05, 0.1) is 13.2 Å². The number of unbranched alkanes of at least 4 members (excludes halogenated alkanes) is 2. The van der Waals surface area contributed by atoms with Crippen LogP contribution in [-0.4, -0.2) is 32.1 Å². The Hall–Kier alpha value is -2.66. The average Bonchev–Trinajstić information content (AvgIpc) is 2.73. The fourth-order valence-electron chi connectivity index (χ4n) is 3.03. The Morgan fingerprint density at radius 1 is 0.929 bits per heavy atom. The molecule has 1 amide bonds. The molecule has 2 aromatic rings. The van der Waals surface area contributed by atoms with Crippen molar-refractivity contribution in [2.45, 2.75) is 39.2 Å². The summed E-state index contributed by atoms with van der Waals surface area (Å²) in [7, 11) is 1.63. The Labute approximate surface area is 167 Å². The van der Waals surface area contributed by atoms with Crippen LogP contribution >= 0.6 is 0 Å². The van der Waals surface area contributed by atoms with Gasteiger partial charge in [0, 0.05) is 25.6 Å². The molecule has 0 saturated heterocycles. The summed E-state index contributed by atoms with van der Waals surface area (Å²) in [6.45, 7) is 3.37. The number of nitrogens with one attached hydrogen (secondary N) is 1. The van der Waals surface area contributed by atoms with Crippen LogP contribution in [0.25, 0.3) is 11.1 Å². The number of amides is 1. The zero-order valence-corrected chi connectivity index (χ0v) is 16.7. The molecule has 0 aliphatic heterocycles. The van der Waals surface area contributed by atoms with Crippen LogP contribution in [0.2, 0.25) is 0 Å². The summed E-state index contributed by atoms with van der Waals surface area (Å²) in [6, 6.07) is 15.6. The summed E-state index contributed by atoms with van der Waals surface area (Å²) < 4.78 is 10.8. The van der Waals surface area contributed by atoms with Gasteiger partial charge in [-0.05, 0) is 42.5 Å². The number of carbonyl (C=O) groups excluding carboxylic acids is 2. The zero-order chi connectivity index (χ0) is 20.2. The number of hydrogen-bond acceptors (Lipinski definition) is 4. The van der Waals surface area contributed by atoms with Gasteiger partial charge in [-0.15, -0.1) is 0 Å². The number of rotatable bonds is 11. The van der Waals surface area contributed by atoms with E-state index in [1.807, 2.05) is 55.5 Å². The van der Waals surface area contributed by atoms with Gasteiger partial charge in [-0.3, -0.25) is 9.59 Å². The zero-order valence-electron chi connectivity index (χ0n) is 16.7. The molecule has 0 bridgehead atoms. The molecule has 0 spiro atoms. The monoisotopic (exact) mass is 383 g/mol. The fraction of sp³-hybridized carbons (Fsp3) is 0.391. The van der Waals surface area contributed by atoms with Crippen LogP contribution in [0.5, 0.6) is 0 Å². The summed E-state index contributed by atoms with van der Waals surface area (Å²) in [5.74, 6) is -0.236. The number of esters is 1. The van der Waals surface area contributed by atoms with Crippen molar-refractivity contribution >= 4 is 11.9 Å². The van der Waals surface area contributed by atoms with Gasteiger partial charge in [-0.25, -0.2) is 0 Å². The molecule has 2 aromatic carbocycles. The number of carbonyl (C=O) groups is 2. The lowest BCUT2D eigenvalue weighted by atomic mass is 9.95. The normalized spacial score (nSPS) is 10.5. The summed E-state index contributed by atoms with van der Waals surface area (Å²) in [5.41, 5.74) is 3.60. The van der Waals surface area contributed by atoms with E-state index < -0.39 is 0 Å². The second kappa shape index (κ2) is 11.9. The molecule has 0 saturated carbocycles. The number of hydrogen-bond donors (Lipinski definition) is 1. The minimum atomic E-state index is -0.132. The maximum Gasteiger partial charge on any atom is 0.305 e. The molecule has 0 aliphatic rings. The Bertz CT molecular complexity index is 773. The highest BCUT2D eigenvalue weighted by Gasteiger charge is 2.13. The highest BCUT2D eigenvalue weighted by atomic mass is 16.5. The van der Waals surface area contributed by atoms with Crippen molar-refractivity contribution in [3.63, 3.8) is 0 Å². The lowest BCUT2D eigenvalue weighted by molar-refractivity contribution is -0.143. The van der Waals surface area contributed by atoms with E-state index >= 15 is 0 Å². The second-order valence-electron chi connectivity index (χ2n) is 6.45. The molecule has 0 aliphatic carbocycles. The van der Waals surface area contributed by atoms with Gasteiger partial charge in [0.15, 0.2) is 0 Å². The van der Waals surface area contributed by atoms with Crippen LogP contribution in [-0.2, 0) is 20.9 Å². The van der Waals surface area contributed by atoms with E-state index in [4.69, 9.17) is 9.47 Å². The average molecular weight is 383 g/mol. The van der Waals surface area contributed by atoms with Crippen molar-refractivity contribution in [1.82, 2.24) is 5.32 Å². The van der Waals surface area contributed by atoms with Crippen LogP contribution in [0.1, 0.15) is 48.5 Å². The number of benzene rings is 2. The largest absolute Gasteiger partial charge is 0.466 e. The van der Waals surface area contributed by atoms with E-state index in [1.54, 1.807) is 7.05 Å². The Kier molecular flexibility index (Phi) is 9.22. The molecule has 0 heterocycles. The third-order valence-corrected chi connectivity index (χ3v) is 4.44. The molecular weight excluding hydrogens is 354 g/mol. The minimum Gasteiger partial charge on any atom is -0.466 e. The van der Waals surface area contributed by atoms with Gasteiger partial charge < -0.3 is 14.8 Å². The van der Waals surface area contributed by atoms with Crippen LogP contribution in [0.4, 0.5) is 0 Å². The van der Waals surface area contributed by atoms with E-state index in [9.17, 15) is 9.59 Å². The van der Waals surface area contributed by atoms with Gasteiger partial charge in [-0.1, -0.05) is 48.9 Å². The Morgan fingerprint density at radius 3 is 2.39 bits per heavy atom. The minimum absolute atomic E-state index is 0.104. The SMILES string of the molecule is CCOC(=O)CCCCCOCc1ccccc1-c1ccccc1C(=O)NC. The van der Waals surface area contributed by atoms with E-state index in [1.165, 1.54) is 0 Å². The van der Waals surface area contributed by atoms with Gasteiger partial charge >= 0.3 is 5.97 Å². The highest BCUT2D eigenvalue weighted by Crippen LogP contribution is 2.27. The first-order valence-corrected chi connectivity index (χ1v) is 9.80. The van der Waals surface area contributed by atoms with Crippen molar-refractivity contribution < 1.29 is 19.1 Å². The van der Waals surface area contributed by atoms with Crippen LogP contribution in [0.3, 0.4) is 0 Å². The maximum absolute atomic E-state index is 12.2. The van der Waals surface area contributed by atoms with Crippen LogP contribution in [0.15, 0.2) is 48.5 Å². The third-order valence-electron chi connectivity index (χ3n) is 4.44. The molecule has 0 unspecified atom stereocenters. The summed E-state index contributed by atoms with van der Waals surface area (Å²) in [6.07, 6.45) is 3.11. The lowest BCUT2D eigenvalue weighted by Gasteiger charge is -2.13. The van der Waals surface area contributed by atoms with E-state index in [2.05, 4.69) is 5.32 Å². The Morgan fingerprint density at radius 2 is 1.64 bits per heavy atom. The third kappa shape index (κ3) is 6.50. The van der Waals surface area contributed by atoms with Crippen molar-refractivity contribution in [3.05, 3.63) is 59.7 Å². The van der Waals surface area contributed by atoms with Gasteiger partial charge in [0.2, 0.25) is 0 Å². The molecule has 1 N–H and O–H groups in total. The lowest BCUT2D eigenvalue weighted by Crippen LogP contribution is -2.18. The molecule has 5 heteroatoms. The first kappa shape index (κ1) is 21.6. The van der Waals surface area contributed by atoms with Crippen LogP contribution < -0.4 is 5.32 Å². The molecular formula is C23H29NO4. The van der Waals surface area contributed by atoms with Crippen molar-refractivity contribution in [3.8, 4) is 11.1 Å². The molecule has 0 fully saturated rings. The van der Waals surface area contributed by atoms with Gasteiger partial charge in [0.1, 0.15) is 0 Å². The molecule has 0 aromatic heterocycles. The predicted molar refractivity (Wildman–Crippen MR) is 110 cm³/mol. The summed E-state index contributed by atoms with van der Waals surface area (Å²) in [4.78, 5) is 23.5.